The molecule has 24 heavy (non-hydrogen) atoms. The Labute approximate surface area is 142 Å². The number of nitrogens with one attached hydrogen (secondary N) is 1. The molecule has 0 fully saturated rings. The molecule has 0 unspecified atom stereocenters. The van der Waals surface area contributed by atoms with Crippen LogP contribution in [0.3, 0.4) is 0 Å². The highest BCUT2D eigenvalue weighted by atomic mass is 16.2. The largest absolute Gasteiger partial charge is 0.346 e. The molecule has 1 atom stereocenters. The first-order chi connectivity index (χ1) is 11.4. The summed E-state index contributed by atoms with van der Waals surface area (Å²) in [5, 5.41) is 2.54. The molecule has 0 spiro atoms. The fraction of sp³-hybridized carbons (Fsp3) is 0.353. The summed E-state index contributed by atoms with van der Waals surface area (Å²) in [5.74, 6) is -0.644. The van der Waals surface area contributed by atoms with Gasteiger partial charge in [-0.2, -0.15) is 0 Å². The average Bonchev–Trinajstić information content (AvgIpc) is 2.62. The molecule has 1 aromatic heterocycles. The molecule has 0 saturated carbocycles. The zero-order chi connectivity index (χ0) is 18.1. The van der Waals surface area contributed by atoms with Crippen molar-refractivity contribution >= 4 is 29.7 Å². The van der Waals surface area contributed by atoms with Crippen molar-refractivity contribution in [1.29, 1.82) is 0 Å². The first-order valence-corrected chi connectivity index (χ1v) is 7.69. The molecule has 0 radical (unpaired) electrons. The van der Waals surface area contributed by atoms with E-state index >= 15 is 0 Å². The first-order valence-electron chi connectivity index (χ1n) is 7.69. The van der Waals surface area contributed by atoms with E-state index in [-0.39, 0.29) is 18.4 Å². The van der Waals surface area contributed by atoms with Gasteiger partial charge in [0.1, 0.15) is 0 Å². The van der Waals surface area contributed by atoms with Crippen LogP contribution in [0.1, 0.15) is 24.1 Å². The van der Waals surface area contributed by atoms with Gasteiger partial charge in [0.25, 0.3) is 0 Å². The van der Waals surface area contributed by atoms with Gasteiger partial charge in [0, 0.05) is 12.6 Å². The number of anilines is 1. The zero-order valence-corrected chi connectivity index (χ0v) is 14.0. The molecule has 7 nitrogen and oxygen atoms in total. The lowest BCUT2D eigenvalue weighted by molar-refractivity contribution is -0.125. The van der Waals surface area contributed by atoms with Gasteiger partial charge in [-0.25, -0.2) is 0 Å². The molecule has 0 bridgehead atoms. The number of nitrogens with zero attached hydrogens (tertiary/aromatic N) is 2. The van der Waals surface area contributed by atoms with E-state index in [1.54, 1.807) is 31.5 Å². The molecular formula is C17H25N5O2. The van der Waals surface area contributed by atoms with Gasteiger partial charge in [-0.05, 0) is 31.5 Å². The second-order valence-corrected chi connectivity index (χ2v) is 5.28. The van der Waals surface area contributed by atoms with E-state index in [0.717, 1.165) is 5.56 Å². The molecule has 0 aliphatic heterocycles. The number of likely N-dealkylation sites (N-methyl/N-ethyl adjacent to an activating group) is 1. The number of amides is 2. The monoisotopic (exact) mass is 331 g/mol. The van der Waals surface area contributed by atoms with Crippen molar-refractivity contribution in [2.24, 2.45) is 11.5 Å². The van der Waals surface area contributed by atoms with Crippen LogP contribution in [0.25, 0.3) is 12.2 Å². The standard InChI is InChI=1S/C17H25N5O2/c1-4-12-9-13(10-20-15(12)5-2)22(3)16(23)11-21-17(24)14(19)7-6-8-18/h4-5,9-10,14H,1-2,6-8,11,18-19H2,3H3,(H,21,24)/t14-/m0/s1. The third kappa shape index (κ3) is 5.29. The Balaban J connectivity index is 2.66. The van der Waals surface area contributed by atoms with Gasteiger partial charge >= 0.3 is 0 Å². The molecule has 2 amide bonds. The Morgan fingerprint density at radius 1 is 1.42 bits per heavy atom. The highest BCUT2D eigenvalue weighted by molar-refractivity contribution is 5.97. The van der Waals surface area contributed by atoms with Crippen LogP contribution < -0.4 is 21.7 Å². The Kier molecular flexibility index (Phi) is 7.81. The van der Waals surface area contributed by atoms with Gasteiger partial charge in [-0.15, -0.1) is 0 Å². The molecule has 0 aliphatic rings. The molecule has 0 saturated heterocycles. The van der Waals surface area contributed by atoms with Crippen LogP contribution in [0.4, 0.5) is 5.69 Å². The number of pyridine rings is 1. The first kappa shape index (κ1) is 19.5. The molecule has 130 valence electrons. The minimum absolute atomic E-state index is 0.141. The maximum atomic E-state index is 12.2. The number of carbonyl (C=O) groups is 2. The van der Waals surface area contributed by atoms with Gasteiger partial charge in [-0.1, -0.05) is 19.2 Å². The second-order valence-electron chi connectivity index (χ2n) is 5.28. The van der Waals surface area contributed by atoms with Crippen molar-refractivity contribution in [2.45, 2.75) is 18.9 Å². The summed E-state index contributed by atoms with van der Waals surface area (Å²) < 4.78 is 0. The predicted octanol–water partition coefficient (Wildman–Crippen LogP) is 0.513. The van der Waals surface area contributed by atoms with Crippen LogP contribution in [0.15, 0.2) is 25.4 Å². The van der Waals surface area contributed by atoms with Crippen LogP contribution in [0.5, 0.6) is 0 Å². The number of nitrogens with two attached hydrogens (primary N) is 2. The smallest absolute Gasteiger partial charge is 0.246 e. The van der Waals surface area contributed by atoms with E-state index in [4.69, 9.17) is 11.5 Å². The number of carbonyl (C=O) groups excluding carboxylic acids is 2. The van der Waals surface area contributed by atoms with E-state index in [2.05, 4.69) is 23.5 Å². The predicted molar refractivity (Wildman–Crippen MR) is 97.1 cm³/mol. The molecule has 1 aromatic rings. The summed E-state index contributed by atoms with van der Waals surface area (Å²) in [6.07, 6.45) is 5.97. The van der Waals surface area contributed by atoms with Crippen molar-refractivity contribution in [3.63, 3.8) is 0 Å². The Hall–Kier alpha value is -2.51. The summed E-state index contributed by atoms with van der Waals surface area (Å²) in [6, 6.07) is 1.12. The fourth-order valence-corrected chi connectivity index (χ4v) is 2.02. The van der Waals surface area contributed by atoms with Crippen molar-refractivity contribution in [3.05, 3.63) is 36.7 Å². The summed E-state index contributed by atoms with van der Waals surface area (Å²) in [7, 11) is 1.61. The minimum Gasteiger partial charge on any atom is -0.346 e. The molecule has 0 aromatic carbocycles. The molecule has 5 N–H and O–H groups in total. The lowest BCUT2D eigenvalue weighted by Crippen LogP contribution is -2.45. The fourth-order valence-electron chi connectivity index (χ4n) is 2.02. The van der Waals surface area contributed by atoms with Crippen LogP contribution in [-0.4, -0.2) is 43.0 Å². The van der Waals surface area contributed by atoms with Gasteiger partial charge in [0.05, 0.1) is 30.2 Å². The average molecular weight is 331 g/mol. The van der Waals surface area contributed by atoms with Crippen LogP contribution in [0, 0.1) is 0 Å². The van der Waals surface area contributed by atoms with E-state index in [9.17, 15) is 9.59 Å². The maximum Gasteiger partial charge on any atom is 0.246 e. The zero-order valence-electron chi connectivity index (χ0n) is 14.0. The number of hydrogen-bond acceptors (Lipinski definition) is 5. The molecule has 1 rings (SSSR count). The Bertz CT molecular complexity index is 615. The van der Waals surface area contributed by atoms with E-state index in [0.29, 0.717) is 30.8 Å². The summed E-state index contributed by atoms with van der Waals surface area (Å²) in [6.45, 7) is 7.73. The molecule has 7 heteroatoms. The normalized spacial score (nSPS) is 11.5. The van der Waals surface area contributed by atoms with E-state index in [1.165, 1.54) is 4.90 Å². The van der Waals surface area contributed by atoms with Crippen molar-refractivity contribution < 1.29 is 9.59 Å². The second kappa shape index (κ2) is 9.59. The van der Waals surface area contributed by atoms with E-state index < -0.39 is 6.04 Å². The summed E-state index contributed by atoms with van der Waals surface area (Å²) in [5.41, 5.74) is 13.2. The van der Waals surface area contributed by atoms with E-state index in [1.807, 2.05) is 0 Å². The van der Waals surface area contributed by atoms with Crippen molar-refractivity contribution in [2.75, 3.05) is 25.0 Å². The highest BCUT2D eigenvalue weighted by Crippen LogP contribution is 2.18. The third-order valence-corrected chi connectivity index (χ3v) is 3.58. The molecule has 0 aliphatic carbocycles. The lowest BCUT2D eigenvalue weighted by Gasteiger charge is -2.19. The molecule has 1 heterocycles. The lowest BCUT2D eigenvalue weighted by atomic mass is 10.1. The number of aromatic nitrogens is 1. The number of hydrogen-bond donors (Lipinski definition) is 3. The summed E-state index contributed by atoms with van der Waals surface area (Å²) in [4.78, 5) is 29.7. The molecular weight excluding hydrogens is 306 g/mol. The van der Waals surface area contributed by atoms with Crippen molar-refractivity contribution in [3.8, 4) is 0 Å². The number of rotatable bonds is 9. The van der Waals surface area contributed by atoms with Crippen LogP contribution >= 0.6 is 0 Å². The quantitative estimate of drug-likeness (QED) is 0.610. The summed E-state index contributed by atoms with van der Waals surface area (Å²) >= 11 is 0. The maximum absolute atomic E-state index is 12.2. The SMILES string of the molecule is C=Cc1cc(N(C)C(=O)CNC(=O)[C@@H](N)CCCN)cnc1C=C. The van der Waals surface area contributed by atoms with Gasteiger partial charge in [0.2, 0.25) is 11.8 Å². The Morgan fingerprint density at radius 3 is 2.71 bits per heavy atom. The Morgan fingerprint density at radius 2 is 2.12 bits per heavy atom. The third-order valence-electron chi connectivity index (χ3n) is 3.58. The van der Waals surface area contributed by atoms with Crippen LogP contribution in [-0.2, 0) is 9.59 Å². The topological polar surface area (TPSA) is 114 Å². The minimum atomic E-state index is -0.660. The van der Waals surface area contributed by atoms with Gasteiger partial charge in [0.15, 0.2) is 0 Å². The van der Waals surface area contributed by atoms with Gasteiger partial charge < -0.3 is 21.7 Å². The van der Waals surface area contributed by atoms with Crippen LogP contribution in [0.2, 0.25) is 0 Å². The van der Waals surface area contributed by atoms with Gasteiger partial charge in [-0.3, -0.25) is 14.6 Å². The highest BCUT2D eigenvalue weighted by Gasteiger charge is 2.17. The van der Waals surface area contributed by atoms with Crippen molar-refractivity contribution in [1.82, 2.24) is 10.3 Å².